The Morgan fingerprint density at radius 2 is 1.95 bits per heavy atom. The first-order valence-corrected chi connectivity index (χ1v) is 7.81. The van der Waals surface area contributed by atoms with E-state index in [0.29, 0.717) is 23.9 Å². The number of methoxy groups -OCH3 is 2. The van der Waals surface area contributed by atoms with Gasteiger partial charge in [-0.1, -0.05) is 6.07 Å². The van der Waals surface area contributed by atoms with Crippen molar-refractivity contribution in [1.29, 1.82) is 0 Å². The molecule has 6 nitrogen and oxygen atoms in total. The van der Waals surface area contributed by atoms with Crippen molar-refractivity contribution in [2.45, 2.75) is 25.7 Å². The van der Waals surface area contributed by atoms with E-state index in [9.17, 15) is 4.79 Å². The highest BCUT2D eigenvalue weighted by atomic mass is 32.2. The summed E-state index contributed by atoms with van der Waals surface area (Å²) in [6.45, 7) is 4.15. The zero-order valence-electron chi connectivity index (χ0n) is 13.1. The molecule has 22 heavy (non-hydrogen) atoms. The third-order valence-electron chi connectivity index (χ3n) is 3.02. The quantitative estimate of drug-likeness (QED) is 0.770. The second-order valence-corrected chi connectivity index (χ2v) is 6.06. The lowest BCUT2D eigenvalue weighted by Crippen LogP contribution is -2.23. The van der Waals surface area contributed by atoms with Gasteiger partial charge in [-0.05, 0) is 37.7 Å². The predicted molar refractivity (Wildman–Crippen MR) is 82.9 cm³/mol. The second-order valence-electron chi connectivity index (χ2n) is 5.11. The number of rotatable bonds is 5. The molecule has 122 valence electrons. The van der Waals surface area contributed by atoms with Gasteiger partial charge in [0.15, 0.2) is 17.3 Å². The van der Waals surface area contributed by atoms with Crippen LogP contribution in [-0.4, -0.2) is 43.8 Å². The number of carbonyl (C=O) groups is 1. The van der Waals surface area contributed by atoms with Gasteiger partial charge in [-0.3, -0.25) is 0 Å². The van der Waals surface area contributed by atoms with Crippen molar-refractivity contribution < 1.29 is 28.5 Å². The molecule has 0 radical (unpaired) electrons. The van der Waals surface area contributed by atoms with Crippen LogP contribution in [0.4, 0.5) is 4.79 Å². The van der Waals surface area contributed by atoms with Crippen LogP contribution in [0.5, 0.6) is 17.2 Å². The molecule has 0 bridgehead atoms. The summed E-state index contributed by atoms with van der Waals surface area (Å²) in [5, 5.41) is -0.448. The van der Waals surface area contributed by atoms with Crippen LogP contribution in [0.2, 0.25) is 0 Å². The lowest BCUT2D eigenvalue weighted by atomic mass is 10.3. The van der Waals surface area contributed by atoms with Crippen LogP contribution in [0.3, 0.4) is 0 Å². The van der Waals surface area contributed by atoms with Crippen LogP contribution in [0.25, 0.3) is 0 Å². The third-order valence-corrected chi connectivity index (χ3v) is 3.88. The van der Waals surface area contributed by atoms with Crippen molar-refractivity contribution in [1.82, 2.24) is 0 Å². The van der Waals surface area contributed by atoms with Gasteiger partial charge in [0.2, 0.25) is 5.75 Å². The van der Waals surface area contributed by atoms with Crippen molar-refractivity contribution in [2.75, 3.05) is 26.6 Å². The molecule has 1 aromatic rings. The normalized spacial score (nSPS) is 19.7. The molecule has 1 aliphatic rings. The van der Waals surface area contributed by atoms with E-state index in [4.69, 9.17) is 23.7 Å². The van der Waals surface area contributed by atoms with Crippen molar-refractivity contribution in [3.8, 4) is 17.2 Å². The van der Waals surface area contributed by atoms with Crippen molar-refractivity contribution in [3.63, 3.8) is 0 Å². The minimum Gasteiger partial charge on any atom is -0.493 e. The molecule has 1 aromatic carbocycles. The van der Waals surface area contributed by atoms with Gasteiger partial charge >= 0.3 is 5.30 Å². The Morgan fingerprint density at radius 3 is 2.45 bits per heavy atom. The molecule has 1 atom stereocenters. The SMILES string of the molecule is COc1cccc(OC)c1OC(=O)SCC1COC(C)(C)O1. The summed E-state index contributed by atoms with van der Waals surface area (Å²) in [6, 6.07) is 5.16. The molecule has 1 fully saturated rings. The lowest BCUT2D eigenvalue weighted by molar-refractivity contribution is -0.135. The van der Waals surface area contributed by atoms with E-state index in [1.807, 2.05) is 13.8 Å². The summed E-state index contributed by atoms with van der Waals surface area (Å²) in [6.07, 6.45) is -0.132. The molecule has 7 heteroatoms. The Labute approximate surface area is 134 Å². The molecular formula is C15H20O6S. The van der Waals surface area contributed by atoms with Gasteiger partial charge in [0.1, 0.15) is 0 Å². The number of ether oxygens (including phenoxy) is 5. The fourth-order valence-electron chi connectivity index (χ4n) is 2.04. The van der Waals surface area contributed by atoms with Crippen LogP contribution < -0.4 is 14.2 Å². The minimum absolute atomic E-state index is 0.132. The summed E-state index contributed by atoms with van der Waals surface area (Å²) in [7, 11) is 3.01. The minimum atomic E-state index is -0.596. The zero-order valence-corrected chi connectivity index (χ0v) is 13.9. The number of benzene rings is 1. The molecule has 0 aliphatic carbocycles. The first-order valence-electron chi connectivity index (χ1n) is 6.82. The molecule has 0 N–H and O–H groups in total. The van der Waals surface area contributed by atoms with Crippen LogP contribution in [0.15, 0.2) is 18.2 Å². The van der Waals surface area contributed by atoms with Gasteiger partial charge in [-0.25, -0.2) is 4.79 Å². The molecule has 0 saturated carbocycles. The number of hydrogen-bond acceptors (Lipinski definition) is 7. The molecule has 0 amide bonds. The van der Waals surface area contributed by atoms with E-state index in [1.54, 1.807) is 18.2 Å². The maximum atomic E-state index is 12.0. The summed E-state index contributed by atoms with van der Waals surface area (Å²) in [4.78, 5) is 12.0. The van der Waals surface area contributed by atoms with E-state index < -0.39 is 11.1 Å². The molecule has 1 aliphatic heterocycles. The molecule has 1 saturated heterocycles. The number of thioether (sulfide) groups is 1. The summed E-state index contributed by atoms with van der Waals surface area (Å²) in [5.41, 5.74) is 0. The van der Waals surface area contributed by atoms with Crippen molar-refractivity contribution in [2.24, 2.45) is 0 Å². The van der Waals surface area contributed by atoms with E-state index in [-0.39, 0.29) is 11.9 Å². The number of carbonyl (C=O) groups excluding carboxylic acids is 1. The van der Waals surface area contributed by atoms with E-state index in [1.165, 1.54) is 14.2 Å². The van der Waals surface area contributed by atoms with Crippen LogP contribution in [0, 0.1) is 0 Å². The molecule has 1 heterocycles. The van der Waals surface area contributed by atoms with Crippen molar-refractivity contribution in [3.05, 3.63) is 18.2 Å². The van der Waals surface area contributed by atoms with Crippen molar-refractivity contribution >= 4 is 17.1 Å². The van der Waals surface area contributed by atoms with E-state index >= 15 is 0 Å². The maximum absolute atomic E-state index is 12.0. The van der Waals surface area contributed by atoms with Gasteiger partial charge in [0, 0.05) is 5.75 Å². The number of para-hydroxylation sites is 1. The second kappa shape index (κ2) is 7.21. The largest absolute Gasteiger partial charge is 0.493 e. The van der Waals surface area contributed by atoms with E-state index in [2.05, 4.69) is 0 Å². The molecular weight excluding hydrogens is 308 g/mol. The summed E-state index contributed by atoms with van der Waals surface area (Å²) in [5.74, 6) is 1.01. The van der Waals surface area contributed by atoms with Gasteiger partial charge in [0.25, 0.3) is 0 Å². The first kappa shape index (κ1) is 16.9. The van der Waals surface area contributed by atoms with E-state index in [0.717, 1.165) is 11.8 Å². The first-order chi connectivity index (χ1) is 10.4. The van der Waals surface area contributed by atoms with Crippen LogP contribution in [-0.2, 0) is 9.47 Å². The van der Waals surface area contributed by atoms with Crippen LogP contribution >= 0.6 is 11.8 Å². The highest BCUT2D eigenvalue weighted by Gasteiger charge is 2.33. The van der Waals surface area contributed by atoms with Crippen LogP contribution in [0.1, 0.15) is 13.8 Å². The topological polar surface area (TPSA) is 63.2 Å². The summed E-state index contributed by atoms with van der Waals surface area (Å²) >= 11 is 1.03. The molecule has 0 spiro atoms. The highest BCUT2D eigenvalue weighted by Crippen LogP contribution is 2.37. The maximum Gasteiger partial charge on any atom is 0.373 e. The Kier molecular flexibility index (Phi) is 5.55. The Morgan fingerprint density at radius 1 is 1.32 bits per heavy atom. The Balaban J connectivity index is 1.92. The fraction of sp³-hybridized carbons (Fsp3) is 0.533. The monoisotopic (exact) mass is 328 g/mol. The third kappa shape index (κ3) is 4.28. The summed E-state index contributed by atoms with van der Waals surface area (Å²) < 4.78 is 26.8. The Hall–Kier alpha value is -1.44. The Bertz CT molecular complexity index is 509. The molecule has 0 aromatic heterocycles. The lowest BCUT2D eigenvalue weighted by Gasteiger charge is -2.16. The van der Waals surface area contributed by atoms with Gasteiger partial charge in [-0.15, -0.1) is 0 Å². The molecule has 1 unspecified atom stereocenters. The number of hydrogen-bond donors (Lipinski definition) is 0. The predicted octanol–water partition coefficient (Wildman–Crippen LogP) is 3.09. The zero-order chi connectivity index (χ0) is 16.2. The molecule has 2 rings (SSSR count). The highest BCUT2D eigenvalue weighted by molar-refractivity contribution is 8.13. The van der Waals surface area contributed by atoms with Gasteiger partial charge in [-0.2, -0.15) is 0 Å². The smallest absolute Gasteiger partial charge is 0.373 e. The van der Waals surface area contributed by atoms with Gasteiger partial charge < -0.3 is 23.7 Å². The average Bonchev–Trinajstić information content (AvgIpc) is 2.84. The standard InChI is InChI=1S/C15H20O6S/c1-15(2)19-8-10(21-15)9-22-14(16)20-13-11(17-3)6-5-7-12(13)18-4/h5-7,10H,8-9H2,1-4H3. The average molecular weight is 328 g/mol. The fourth-order valence-corrected chi connectivity index (χ4v) is 2.67. The van der Waals surface area contributed by atoms with Gasteiger partial charge in [0.05, 0.1) is 26.9 Å².